The van der Waals surface area contributed by atoms with Gasteiger partial charge < -0.3 is 15.3 Å². The van der Waals surface area contributed by atoms with Crippen LogP contribution in [-0.4, -0.2) is 41.6 Å². The smallest absolute Gasteiger partial charge is 0.317 e. The van der Waals surface area contributed by atoms with Crippen LogP contribution in [0, 0.1) is 17.3 Å². The van der Waals surface area contributed by atoms with Crippen molar-refractivity contribution in [3.63, 3.8) is 0 Å². The third-order valence-corrected chi connectivity index (χ3v) is 4.07. The number of hydrogen-bond acceptors (Lipinski definition) is 2. The summed E-state index contributed by atoms with van der Waals surface area (Å²) in [5.74, 6) is -0.966. The minimum absolute atomic E-state index is 0.110. The highest BCUT2D eigenvalue weighted by molar-refractivity contribution is 5.76. The molecule has 0 spiro atoms. The second-order valence-corrected chi connectivity index (χ2v) is 6.25. The number of piperidine rings is 1. The molecule has 2 atom stereocenters. The Labute approximate surface area is 108 Å². The summed E-state index contributed by atoms with van der Waals surface area (Å²) in [6.45, 7) is 5.85. The van der Waals surface area contributed by atoms with Crippen molar-refractivity contribution in [3.05, 3.63) is 0 Å². The number of carboxylic acid groups (broad SMARTS) is 1. The number of nitrogens with one attached hydrogen (secondary N) is 1. The molecular weight excluding hydrogens is 232 g/mol. The number of amides is 2. The fraction of sp³-hybridized carbons (Fsp3) is 0.846. The van der Waals surface area contributed by atoms with Crippen LogP contribution in [-0.2, 0) is 4.79 Å². The zero-order valence-electron chi connectivity index (χ0n) is 11.1. The molecule has 18 heavy (non-hydrogen) atoms. The van der Waals surface area contributed by atoms with Gasteiger partial charge in [0.25, 0.3) is 0 Å². The van der Waals surface area contributed by atoms with Crippen molar-refractivity contribution in [1.29, 1.82) is 0 Å². The SMILES string of the molecule is CC1CC(C(=O)O)CN(C(=O)NCC2(C)CC2)C1. The highest BCUT2D eigenvalue weighted by Gasteiger charge is 2.38. The molecule has 2 amide bonds. The molecule has 1 heterocycles. The van der Waals surface area contributed by atoms with Gasteiger partial charge in [-0.05, 0) is 30.6 Å². The lowest BCUT2D eigenvalue weighted by atomic mass is 9.91. The molecular formula is C13H22N2O3. The molecule has 1 saturated heterocycles. The van der Waals surface area contributed by atoms with Crippen LogP contribution in [0.15, 0.2) is 0 Å². The van der Waals surface area contributed by atoms with Crippen molar-refractivity contribution in [2.24, 2.45) is 17.3 Å². The maximum atomic E-state index is 12.0. The third kappa shape index (κ3) is 3.15. The Hall–Kier alpha value is -1.26. The molecule has 2 N–H and O–H groups in total. The van der Waals surface area contributed by atoms with Crippen LogP contribution in [0.2, 0.25) is 0 Å². The van der Waals surface area contributed by atoms with Gasteiger partial charge in [-0.15, -0.1) is 0 Å². The van der Waals surface area contributed by atoms with Gasteiger partial charge in [0.1, 0.15) is 0 Å². The monoisotopic (exact) mass is 254 g/mol. The molecule has 1 aliphatic heterocycles. The van der Waals surface area contributed by atoms with E-state index in [1.807, 2.05) is 6.92 Å². The number of hydrogen-bond donors (Lipinski definition) is 2. The van der Waals surface area contributed by atoms with Crippen molar-refractivity contribution in [1.82, 2.24) is 10.2 Å². The molecule has 0 aromatic heterocycles. The van der Waals surface area contributed by atoms with E-state index in [0.717, 1.165) is 0 Å². The Morgan fingerprint density at radius 1 is 1.39 bits per heavy atom. The average Bonchev–Trinajstić information content (AvgIpc) is 3.04. The summed E-state index contributed by atoms with van der Waals surface area (Å²) in [4.78, 5) is 24.7. The van der Waals surface area contributed by atoms with Crippen LogP contribution >= 0.6 is 0 Å². The lowest BCUT2D eigenvalue weighted by Gasteiger charge is -2.34. The van der Waals surface area contributed by atoms with Gasteiger partial charge in [-0.2, -0.15) is 0 Å². The molecule has 0 radical (unpaired) electrons. The van der Waals surface area contributed by atoms with Crippen molar-refractivity contribution in [3.8, 4) is 0 Å². The summed E-state index contributed by atoms with van der Waals surface area (Å²) in [5.41, 5.74) is 0.281. The van der Waals surface area contributed by atoms with E-state index in [0.29, 0.717) is 26.1 Å². The Morgan fingerprint density at radius 2 is 2.06 bits per heavy atom. The minimum atomic E-state index is -0.798. The van der Waals surface area contributed by atoms with Gasteiger partial charge in [-0.25, -0.2) is 4.79 Å². The fourth-order valence-corrected chi connectivity index (χ4v) is 2.49. The van der Waals surface area contributed by atoms with Crippen molar-refractivity contribution in [2.45, 2.75) is 33.1 Å². The first kappa shape index (κ1) is 13.2. The Kier molecular flexibility index (Phi) is 3.50. The highest BCUT2D eigenvalue weighted by Crippen LogP contribution is 2.44. The molecule has 1 aliphatic carbocycles. The molecule has 0 aromatic carbocycles. The first-order valence-corrected chi connectivity index (χ1v) is 6.65. The maximum absolute atomic E-state index is 12.0. The molecule has 2 rings (SSSR count). The molecule has 2 unspecified atom stereocenters. The van der Waals surface area contributed by atoms with E-state index in [-0.39, 0.29) is 17.4 Å². The molecule has 5 heteroatoms. The first-order valence-electron chi connectivity index (χ1n) is 6.65. The minimum Gasteiger partial charge on any atom is -0.481 e. The summed E-state index contributed by atoms with van der Waals surface area (Å²) in [5, 5.41) is 12.0. The first-order chi connectivity index (χ1) is 8.39. The van der Waals surface area contributed by atoms with Crippen LogP contribution in [0.3, 0.4) is 0 Å². The second kappa shape index (κ2) is 4.78. The van der Waals surface area contributed by atoms with E-state index in [4.69, 9.17) is 5.11 Å². The van der Waals surface area contributed by atoms with E-state index in [2.05, 4.69) is 12.2 Å². The highest BCUT2D eigenvalue weighted by atomic mass is 16.4. The normalized spacial score (nSPS) is 29.8. The lowest BCUT2D eigenvalue weighted by molar-refractivity contribution is -0.143. The Morgan fingerprint density at radius 3 is 2.61 bits per heavy atom. The fourth-order valence-electron chi connectivity index (χ4n) is 2.49. The van der Waals surface area contributed by atoms with E-state index in [1.54, 1.807) is 4.90 Å². The number of carboxylic acids is 1. The molecule has 5 nitrogen and oxygen atoms in total. The van der Waals surface area contributed by atoms with Crippen LogP contribution in [0.5, 0.6) is 0 Å². The van der Waals surface area contributed by atoms with Gasteiger partial charge in [0.05, 0.1) is 5.92 Å². The quantitative estimate of drug-likeness (QED) is 0.802. The van der Waals surface area contributed by atoms with Crippen LogP contribution < -0.4 is 5.32 Å². The molecule has 1 saturated carbocycles. The summed E-state index contributed by atoms with van der Waals surface area (Å²) in [6, 6.07) is -0.110. The molecule has 2 aliphatic rings. The largest absolute Gasteiger partial charge is 0.481 e. The number of aliphatic carboxylic acids is 1. The predicted molar refractivity (Wildman–Crippen MR) is 67.2 cm³/mol. The van der Waals surface area contributed by atoms with Crippen molar-refractivity contribution < 1.29 is 14.7 Å². The van der Waals surface area contributed by atoms with E-state index in [9.17, 15) is 9.59 Å². The standard InChI is InChI=1S/C13H22N2O3/c1-9-5-10(11(16)17)7-15(6-9)12(18)14-8-13(2)3-4-13/h9-10H,3-8H2,1-2H3,(H,14,18)(H,16,17). The number of urea groups is 1. The van der Waals surface area contributed by atoms with Gasteiger partial charge in [0.15, 0.2) is 0 Å². The topological polar surface area (TPSA) is 69.6 Å². The Balaban J connectivity index is 1.86. The maximum Gasteiger partial charge on any atom is 0.317 e. The zero-order chi connectivity index (χ0) is 13.3. The van der Waals surface area contributed by atoms with Gasteiger partial charge in [0, 0.05) is 19.6 Å². The van der Waals surface area contributed by atoms with Gasteiger partial charge >= 0.3 is 12.0 Å². The van der Waals surface area contributed by atoms with Crippen molar-refractivity contribution >= 4 is 12.0 Å². The molecule has 102 valence electrons. The van der Waals surface area contributed by atoms with Crippen LogP contribution in [0.4, 0.5) is 4.79 Å². The number of carbonyl (C=O) groups excluding carboxylic acids is 1. The van der Waals surface area contributed by atoms with Crippen LogP contribution in [0.25, 0.3) is 0 Å². The predicted octanol–water partition coefficient (Wildman–Crippen LogP) is 1.54. The summed E-state index contributed by atoms with van der Waals surface area (Å²) < 4.78 is 0. The molecule has 0 aromatic rings. The second-order valence-electron chi connectivity index (χ2n) is 6.25. The Bertz CT molecular complexity index is 352. The lowest BCUT2D eigenvalue weighted by Crippen LogP contribution is -2.50. The number of carbonyl (C=O) groups is 2. The summed E-state index contributed by atoms with van der Waals surface area (Å²) >= 11 is 0. The summed E-state index contributed by atoms with van der Waals surface area (Å²) in [6.07, 6.45) is 3.00. The van der Waals surface area contributed by atoms with Gasteiger partial charge in [0.2, 0.25) is 0 Å². The van der Waals surface area contributed by atoms with Gasteiger partial charge in [-0.3, -0.25) is 4.79 Å². The van der Waals surface area contributed by atoms with E-state index in [1.165, 1.54) is 12.8 Å². The van der Waals surface area contributed by atoms with Crippen molar-refractivity contribution in [2.75, 3.05) is 19.6 Å². The zero-order valence-corrected chi connectivity index (χ0v) is 11.1. The third-order valence-electron chi connectivity index (χ3n) is 4.07. The molecule has 2 fully saturated rings. The number of likely N-dealkylation sites (tertiary alicyclic amines) is 1. The number of rotatable bonds is 3. The average molecular weight is 254 g/mol. The van der Waals surface area contributed by atoms with Gasteiger partial charge in [-0.1, -0.05) is 13.8 Å². The van der Waals surface area contributed by atoms with E-state index < -0.39 is 11.9 Å². The van der Waals surface area contributed by atoms with Crippen LogP contribution in [0.1, 0.15) is 33.1 Å². The molecule has 0 bridgehead atoms. The summed E-state index contributed by atoms with van der Waals surface area (Å²) in [7, 11) is 0. The van der Waals surface area contributed by atoms with E-state index >= 15 is 0 Å². The number of nitrogens with zero attached hydrogens (tertiary/aromatic N) is 1.